The van der Waals surface area contributed by atoms with Crippen LogP contribution in [-0.4, -0.2) is 26.1 Å². The summed E-state index contributed by atoms with van der Waals surface area (Å²) in [5.74, 6) is -0.821. The largest absolute Gasteiger partial charge is 0.380 e. The molecular formula is C19H20O4. The highest BCUT2D eigenvalue weighted by molar-refractivity contribution is 6.10. The molecule has 0 aliphatic carbocycles. The molecule has 0 radical (unpaired) electrons. The van der Waals surface area contributed by atoms with Crippen molar-refractivity contribution in [1.29, 1.82) is 0 Å². The van der Waals surface area contributed by atoms with Gasteiger partial charge in [0.15, 0.2) is 11.6 Å². The molecule has 1 fully saturated rings. The second-order valence-corrected chi connectivity index (χ2v) is 5.64. The molecule has 1 aliphatic heterocycles. The zero-order valence-corrected chi connectivity index (χ0v) is 13.4. The third-order valence-corrected chi connectivity index (χ3v) is 4.05. The number of hydrogen-bond donors (Lipinski definition) is 0. The minimum atomic E-state index is -0.794. The Bertz CT molecular complexity index is 688. The first-order valence-corrected chi connectivity index (χ1v) is 7.64. The van der Waals surface area contributed by atoms with Crippen molar-refractivity contribution in [2.45, 2.75) is 19.3 Å². The van der Waals surface area contributed by atoms with Gasteiger partial charge in [0.2, 0.25) is 0 Å². The Morgan fingerprint density at radius 3 is 2.48 bits per heavy atom. The monoisotopic (exact) mass is 312 g/mol. The highest BCUT2D eigenvalue weighted by atomic mass is 16.7. The van der Waals surface area contributed by atoms with Gasteiger partial charge in [-0.05, 0) is 18.6 Å². The Kier molecular flexibility index (Phi) is 4.57. The number of hydrogen-bond acceptors (Lipinski definition) is 4. The molecule has 0 aromatic heterocycles. The van der Waals surface area contributed by atoms with Gasteiger partial charge in [0.05, 0.1) is 19.8 Å². The molecule has 1 heterocycles. The molecule has 0 spiro atoms. The van der Waals surface area contributed by atoms with Crippen molar-refractivity contribution in [3.05, 3.63) is 70.8 Å². The molecule has 120 valence electrons. The Labute approximate surface area is 136 Å². The van der Waals surface area contributed by atoms with E-state index in [0.717, 1.165) is 11.1 Å². The highest BCUT2D eigenvalue weighted by Crippen LogP contribution is 2.32. The maximum atomic E-state index is 12.9. The van der Waals surface area contributed by atoms with E-state index in [1.165, 1.54) is 0 Å². The predicted molar refractivity (Wildman–Crippen MR) is 86.3 cm³/mol. The van der Waals surface area contributed by atoms with Crippen molar-refractivity contribution in [2.24, 2.45) is 0 Å². The van der Waals surface area contributed by atoms with Crippen molar-refractivity contribution in [3.63, 3.8) is 0 Å². The van der Waals surface area contributed by atoms with Gasteiger partial charge in [0.25, 0.3) is 0 Å². The lowest BCUT2D eigenvalue weighted by Gasteiger charge is -2.24. The second-order valence-electron chi connectivity index (χ2n) is 5.64. The number of ether oxygens (including phenoxy) is 3. The first-order valence-electron chi connectivity index (χ1n) is 7.64. The quantitative estimate of drug-likeness (QED) is 0.795. The average Bonchev–Trinajstić information content (AvgIpc) is 3.03. The summed E-state index contributed by atoms with van der Waals surface area (Å²) >= 11 is 0. The minimum Gasteiger partial charge on any atom is -0.380 e. The molecule has 1 saturated heterocycles. The van der Waals surface area contributed by atoms with E-state index < -0.39 is 5.79 Å². The van der Waals surface area contributed by atoms with E-state index in [-0.39, 0.29) is 5.78 Å². The Balaban J connectivity index is 2.03. The summed E-state index contributed by atoms with van der Waals surface area (Å²) in [6.07, 6.45) is 0. The van der Waals surface area contributed by atoms with Gasteiger partial charge in [0, 0.05) is 23.8 Å². The topological polar surface area (TPSA) is 44.8 Å². The van der Waals surface area contributed by atoms with Gasteiger partial charge in [-0.2, -0.15) is 0 Å². The van der Waals surface area contributed by atoms with Crippen molar-refractivity contribution in [1.82, 2.24) is 0 Å². The lowest BCUT2D eigenvalue weighted by molar-refractivity contribution is -0.149. The summed E-state index contributed by atoms with van der Waals surface area (Å²) in [4.78, 5) is 12.9. The Morgan fingerprint density at radius 2 is 1.83 bits per heavy atom. The number of carbonyl (C=O) groups is 1. The van der Waals surface area contributed by atoms with Gasteiger partial charge in [-0.1, -0.05) is 42.5 Å². The van der Waals surface area contributed by atoms with E-state index in [9.17, 15) is 4.79 Å². The molecule has 3 rings (SSSR count). The van der Waals surface area contributed by atoms with Crippen LogP contribution in [0.25, 0.3) is 0 Å². The maximum absolute atomic E-state index is 12.9. The summed E-state index contributed by atoms with van der Waals surface area (Å²) in [6, 6.07) is 14.9. The molecule has 0 saturated carbocycles. The van der Waals surface area contributed by atoms with E-state index in [1.54, 1.807) is 7.11 Å². The van der Waals surface area contributed by atoms with Crippen molar-refractivity contribution < 1.29 is 19.0 Å². The fraction of sp³-hybridized carbons (Fsp3) is 0.316. The number of rotatable bonds is 5. The maximum Gasteiger partial charge on any atom is 0.193 e. The standard InChI is InChI=1S/C19H20O4/c1-19(22-10-11-23-19)16-9-8-15(13-21-2)17(12-16)18(20)14-6-4-3-5-7-14/h3-9,12H,10-11,13H2,1-2H3. The molecule has 2 aromatic carbocycles. The summed E-state index contributed by atoms with van der Waals surface area (Å²) in [7, 11) is 1.62. The fourth-order valence-electron chi connectivity index (χ4n) is 2.78. The van der Waals surface area contributed by atoms with E-state index in [1.807, 2.05) is 55.5 Å². The number of methoxy groups -OCH3 is 1. The first-order chi connectivity index (χ1) is 11.1. The van der Waals surface area contributed by atoms with Gasteiger partial charge < -0.3 is 14.2 Å². The van der Waals surface area contributed by atoms with Crippen molar-refractivity contribution in [2.75, 3.05) is 20.3 Å². The summed E-state index contributed by atoms with van der Waals surface area (Å²) in [5.41, 5.74) is 2.97. The smallest absolute Gasteiger partial charge is 0.193 e. The van der Waals surface area contributed by atoms with Crippen LogP contribution in [0.1, 0.15) is 34.0 Å². The molecule has 1 aliphatic rings. The number of ketones is 1. The predicted octanol–water partition coefficient (Wildman–Crippen LogP) is 3.28. The van der Waals surface area contributed by atoms with Crippen LogP contribution in [0, 0.1) is 0 Å². The van der Waals surface area contributed by atoms with Crippen LogP contribution >= 0.6 is 0 Å². The zero-order chi connectivity index (χ0) is 16.3. The highest BCUT2D eigenvalue weighted by Gasteiger charge is 2.34. The molecule has 0 N–H and O–H groups in total. The van der Waals surface area contributed by atoms with Gasteiger partial charge in [0.1, 0.15) is 0 Å². The third-order valence-electron chi connectivity index (χ3n) is 4.05. The molecule has 4 heteroatoms. The molecule has 0 bridgehead atoms. The van der Waals surface area contributed by atoms with Gasteiger partial charge >= 0.3 is 0 Å². The fourth-order valence-corrected chi connectivity index (χ4v) is 2.78. The third kappa shape index (κ3) is 3.20. The SMILES string of the molecule is COCc1ccc(C2(C)OCCO2)cc1C(=O)c1ccccc1. The first kappa shape index (κ1) is 15.9. The zero-order valence-electron chi connectivity index (χ0n) is 13.4. The number of carbonyl (C=O) groups excluding carboxylic acids is 1. The van der Waals surface area contributed by atoms with Crippen LogP contribution < -0.4 is 0 Å². The van der Waals surface area contributed by atoms with E-state index in [2.05, 4.69) is 0 Å². The second kappa shape index (κ2) is 6.62. The molecule has 0 unspecified atom stereocenters. The number of benzene rings is 2. The van der Waals surface area contributed by atoms with Crippen LogP contribution in [0.4, 0.5) is 0 Å². The molecule has 4 nitrogen and oxygen atoms in total. The summed E-state index contributed by atoms with van der Waals surface area (Å²) in [6.45, 7) is 3.37. The van der Waals surface area contributed by atoms with E-state index in [0.29, 0.717) is 30.9 Å². The van der Waals surface area contributed by atoms with Crippen LogP contribution in [0.3, 0.4) is 0 Å². The molecule has 0 atom stereocenters. The van der Waals surface area contributed by atoms with Gasteiger partial charge in [-0.15, -0.1) is 0 Å². The average molecular weight is 312 g/mol. The van der Waals surface area contributed by atoms with Crippen LogP contribution in [0.2, 0.25) is 0 Å². The molecule has 2 aromatic rings. The van der Waals surface area contributed by atoms with Crippen LogP contribution in [-0.2, 0) is 26.6 Å². The lowest BCUT2D eigenvalue weighted by Crippen LogP contribution is -2.23. The van der Waals surface area contributed by atoms with Crippen LogP contribution in [0.15, 0.2) is 48.5 Å². The minimum absolute atomic E-state index is 0.0268. The van der Waals surface area contributed by atoms with Crippen LogP contribution in [0.5, 0.6) is 0 Å². The summed E-state index contributed by atoms with van der Waals surface area (Å²) < 4.78 is 16.6. The normalized spacial score (nSPS) is 16.4. The van der Waals surface area contributed by atoms with E-state index >= 15 is 0 Å². The van der Waals surface area contributed by atoms with Crippen molar-refractivity contribution >= 4 is 5.78 Å². The molecule has 23 heavy (non-hydrogen) atoms. The van der Waals surface area contributed by atoms with Gasteiger partial charge in [-0.25, -0.2) is 0 Å². The van der Waals surface area contributed by atoms with Gasteiger partial charge in [-0.3, -0.25) is 4.79 Å². The van der Waals surface area contributed by atoms with Crippen molar-refractivity contribution in [3.8, 4) is 0 Å². The molecular weight excluding hydrogens is 292 g/mol. The lowest BCUT2D eigenvalue weighted by atomic mass is 9.94. The van der Waals surface area contributed by atoms with E-state index in [4.69, 9.17) is 14.2 Å². The molecule has 0 amide bonds. The summed E-state index contributed by atoms with van der Waals surface area (Å²) in [5, 5.41) is 0. The Morgan fingerprint density at radius 1 is 1.13 bits per heavy atom. The Hall–Kier alpha value is -2.01.